The predicted octanol–water partition coefficient (Wildman–Crippen LogP) is 2.73. The number of hydrogen-bond donors (Lipinski definition) is 2. The highest BCUT2D eigenvalue weighted by Gasteiger charge is 2.22. The molecule has 130 valence electrons. The van der Waals surface area contributed by atoms with Crippen LogP contribution in [0.2, 0.25) is 0 Å². The molecule has 2 fully saturated rings. The summed E-state index contributed by atoms with van der Waals surface area (Å²) in [6, 6.07) is 0. The predicted molar refractivity (Wildman–Crippen MR) is 97.3 cm³/mol. The van der Waals surface area contributed by atoms with E-state index >= 15 is 0 Å². The van der Waals surface area contributed by atoms with Crippen molar-refractivity contribution in [1.29, 1.82) is 0 Å². The van der Waals surface area contributed by atoms with Crippen LogP contribution in [-0.2, 0) is 11.3 Å². The SMILES string of the molecule is CC1CCCN(Cc2csc(NC(=O)C3CCNCC3)n2)C1.Cl. The Balaban J connectivity index is 0.00000192. The molecule has 2 N–H and O–H groups in total. The number of anilines is 1. The van der Waals surface area contributed by atoms with Crippen LogP contribution in [0.15, 0.2) is 5.38 Å². The van der Waals surface area contributed by atoms with Gasteiger partial charge >= 0.3 is 0 Å². The van der Waals surface area contributed by atoms with Crippen LogP contribution in [0.4, 0.5) is 5.13 Å². The van der Waals surface area contributed by atoms with Gasteiger partial charge in [-0.05, 0) is 51.2 Å². The largest absolute Gasteiger partial charge is 0.317 e. The Morgan fingerprint density at radius 1 is 1.43 bits per heavy atom. The number of amides is 1. The molecule has 3 rings (SSSR count). The quantitative estimate of drug-likeness (QED) is 0.868. The Bertz CT molecular complexity index is 504. The molecule has 0 aromatic carbocycles. The molecule has 2 aliphatic heterocycles. The van der Waals surface area contributed by atoms with Crippen molar-refractivity contribution in [3.05, 3.63) is 11.1 Å². The summed E-state index contributed by atoms with van der Waals surface area (Å²) >= 11 is 1.55. The molecule has 1 unspecified atom stereocenters. The normalized spacial score (nSPS) is 23.3. The number of hydrogen-bond acceptors (Lipinski definition) is 5. The second kappa shape index (κ2) is 8.97. The molecule has 1 aromatic rings. The fourth-order valence-corrected chi connectivity index (χ4v) is 4.09. The second-order valence-electron chi connectivity index (χ2n) is 6.64. The van der Waals surface area contributed by atoms with E-state index in [1.165, 1.54) is 19.4 Å². The van der Waals surface area contributed by atoms with E-state index in [0.717, 1.165) is 55.8 Å². The molecule has 0 bridgehead atoms. The van der Waals surface area contributed by atoms with Crippen LogP contribution in [0, 0.1) is 11.8 Å². The number of piperidine rings is 2. The van der Waals surface area contributed by atoms with Crippen molar-refractivity contribution in [3.8, 4) is 0 Å². The molecular weight excluding hydrogens is 332 g/mol. The van der Waals surface area contributed by atoms with E-state index in [2.05, 4.69) is 32.8 Å². The third kappa shape index (κ3) is 5.41. The Hall–Kier alpha value is -0.690. The molecule has 5 nitrogen and oxygen atoms in total. The van der Waals surface area contributed by atoms with Crippen molar-refractivity contribution in [3.63, 3.8) is 0 Å². The second-order valence-corrected chi connectivity index (χ2v) is 7.50. The van der Waals surface area contributed by atoms with Gasteiger partial charge in [-0.1, -0.05) is 6.92 Å². The molecule has 1 atom stereocenters. The summed E-state index contributed by atoms with van der Waals surface area (Å²) in [6.45, 7) is 7.43. The first-order valence-electron chi connectivity index (χ1n) is 8.39. The standard InChI is InChI=1S/C16H26N4OS.ClH/c1-12-3-2-8-20(9-12)10-14-11-22-16(18-14)19-15(21)13-4-6-17-7-5-13;/h11-13,17H,2-10H2,1H3,(H,18,19,21);1H. The van der Waals surface area contributed by atoms with Crippen molar-refractivity contribution >= 4 is 34.8 Å². The monoisotopic (exact) mass is 358 g/mol. The van der Waals surface area contributed by atoms with Crippen LogP contribution in [0.3, 0.4) is 0 Å². The molecule has 3 heterocycles. The smallest absolute Gasteiger partial charge is 0.229 e. The number of carbonyl (C=O) groups is 1. The topological polar surface area (TPSA) is 57.3 Å². The maximum absolute atomic E-state index is 12.2. The number of thiazole rings is 1. The van der Waals surface area contributed by atoms with E-state index < -0.39 is 0 Å². The Kier molecular flexibility index (Phi) is 7.27. The molecular formula is C16H27ClN4OS. The number of likely N-dealkylation sites (tertiary alicyclic amines) is 1. The minimum absolute atomic E-state index is 0. The number of nitrogens with one attached hydrogen (secondary N) is 2. The minimum atomic E-state index is 0. The van der Waals surface area contributed by atoms with Gasteiger partial charge in [-0.15, -0.1) is 23.7 Å². The van der Waals surface area contributed by atoms with Gasteiger partial charge in [-0.25, -0.2) is 4.98 Å². The molecule has 2 saturated heterocycles. The van der Waals surface area contributed by atoms with E-state index in [1.807, 2.05) is 0 Å². The molecule has 1 aromatic heterocycles. The fraction of sp³-hybridized carbons (Fsp3) is 0.750. The highest BCUT2D eigenvalue weighted by Crippen LogP contribution is 2.22. The van der Waals surface area contributed by atoms with Crippen LogP contribution in [0.25, 0.3) is 0 Å². The Morgan fingerprint density at radius 2 is 2.22 bits per heavy atom. The van der Waals surface area contributed by atoms with Crippen molar-refractivity contribution in [2.75, 3.05) is 31.5 Å². The lowest BCUT2D eigenvalue weighted by atomic mass is 9.97. The van der Waals surface area contributed by atoms with Crippen LogP contribution >= 0.6 is 23.7 Å². The van der Waals surface area contributed by atoms with E-state index in [4.69, 9.17) is 0 Å². The lowest BCUT2D eigenvalue weighted by molar-refractivity contribution is -0.120. The zero-order valence-corrected chi connectivity index (χ0v) is 15.3. The average Bonchev–Trinajstić information content (AvgIpc) is 2.95. The third-order valence-corrected chi connectivity index (χ3v) is 5.43. The van der Waals surface area contributed by atoms with E-state index in [0.29, 0.717) is 0 Å². The zero-order chi connectivity index (χ0) is 15.4. The van der Waals surface area contributed by atoms with Gasteiger partial charge < -0.3 is 10.6 Å². The summed E-state index contributed by atoms with van der Waals surface area (Å²) in [5, 5.41) is 9.12. The van der Waals surface area contributed by atoms with Crippen LogP contribution in [-0.4, -0.2) is 42.0 Å². The van der Waals surface area contributed by atoms with Gasteiger partial charge in [0.25, 0.3) is 0 Å². The maximum atomic E-state index is 12.2. The van der Waals surface area contributed by atoms with Crippen LogP contribution in [0.1, 0.15) is 38.3 Å². The first kappa shape index (κ1) is 18.6. The first-order chi connectivity index (χ1) is 10.7. The lowest BCUT2D eigenvalue weighted by Crippen LogP contribution is -2.34. The van der Waals surface area contributed by atoms with E-state index in [9.17, 15) is 4.79 Å². The molecule has 1 amide bonds. The van der Waals surface area contributed by atoms with Crippen molar-refractivity contribution in [2.45, 2.75) is 39.2 Å². The summed E-state index contributed by atoms with van der Waals surface area (Å²) in [6.07, 6.45) is 4.47. The highest BCUT2D eigenvalue weighted by atomic mass is 35.5. The fourth-order valence-electron chi connectivity index (χ4n) is 3.39. The lowest BCUT2D eigenvalue weighted by Gasteiger charge is -2.30. The Labute approximate surface area is 148 Å². The van der Waals surface area contributed by atoms with Gasteiger partial charge in [0.05, 0.1) is 5.69 Å². The van der Waals surface area contributed by atoms with Gasteiger partial charge in [0.15, 0.2) is 5.13 Å². The minimum Gasteiger partial charge on any atom is -0.317 e. The van der Waals surface area contributed by atoms with Crippen molar-refractivity contribution < 1.29 is 4.79 Å². The summed E-state index contributed by atoms with van der Waals surface area (Å²) < 4.78 is 0. The van der Waals surface area contributed by atoms with E-state index in [1.54, 1.807) is 11.3 Å². The number of carbonyl (C=O) groups excluding carboxylic acids is 1. The first-order valence-corrected chi connectivity index (χ1v) is 9.27. The zero-order valence-electron chi connectivity index (χ0n) is 13.7. The molecule has 0 aliphatic carbocycles. The molecule has 2 aliphatic rings. The summed E-state index contributed by atoms with van der Waals surface area (Å²) in [7, 11) is 0. The van der Waals surface area contributed by atoms with Gasteiger partial charge in [-0.2, -0.15) is 0 Å². The molecule has 0 saturated carbocycles. The Morgan fingerprint density at radius 3 is 2.96 bits per heavy atom. The maximum Gasteiger partial charge on any atom is 0.229 e. The van der Waals surface area contributed by atoms with Gasteiger partial charge in [-0.3, -0.25) is 9.69 Å². The number of nitrogens with zero attached hydrogens (tertiary/aromatic N) is 2. The van der Waals surface area contributed by atoms with Gasteiger partial charge in [0.2, 0.25) is 5.91 Å². The highest BCUT2D eigenvalue weighted by molar-refractivity contribution is 7.13. The summed E-state index contributed by atoms with van der Waals surface area (Å²) in [4.78, 5) is 19.3. The third-order valence-electron chi connectivity index (χ3n) is 4.62. The summed E-state index contributed by atoms with van der Waals surface area (Å²) in [5.41, 5.74) is 1.08. The average molecular weight is 359 g/mol. The van der Waals surface area contributed by atoms with Crippen molar-refractivity contribution in [2.24, 2.45) is 11.8 Å². The molecule has 0 spiro atoms. The molecule has 0 radical (unpaired) electrons. The van der Waals surface area contributed by atoms with Crippen LogP contribution < -0.4 is 10.6 Å². The van der Waals surface area contributed by atoms with Gasteiger partial charge in [0.1, 0.15) is 0 Å². The van der Waals surface area contributed by atoms with Gasteiger partial charge in [0, 0.05) is 24.4 Å². The van der Waals surface area contributed by atoms with E-state index in [-0.39, 0.29) is 24.2 Å². The molecule has 7 heteroatoms. The molecule has 23 heavy (non-hydrogen) atoms. The number of rotatable bonds is 4. The summed E-state index contributed by atoms with van der Waals surface area (Å²) in [5.74, 6) is 1.05. The number of halogens is 1. The van der Waals surface area contributed by atoms with Crippen molar-refractivity contribution in [1.82, 2.24) is 15.2 Å². The number of aromatic nitrogens is 1. The van der Waals surface area contributed by atoms with Crippen LogP contribution in [0.5, 0.6) is 0 Å².